The van der Waals surface area contributed by atoms with Crippen molar-refractivity contribution in [3.8, 4) is 0 Å². The van der Waals surface area contributed by atoms with Gasteiger partial charge in [0, 0.05) is 36.8 Å². The van der Waals surface area contributed by atoms with Gasteiger partial charge in [-0.05, 0) is 44.5 Å². The summed E-state index contributed by atoms with van der Waals surface area (Å²) in [6, 6.07) is 10.5. The first-order chi connectivity index (χ1) is 10.4. The van der Waals surface area contributed by atoms with Crippen LogP contribution in [0.5, 0.6) is 0 Å². The van der Waals surface area contributed by atoms with Crippen molar-refractivity contribution in [2.24, 2.45) is 0 Å². The van der Waals surface area contributed by atoms with Crippen molar-refractivity contribution in [3.05, 3.63) is 47.3 Å². The molecule has 0 spiro atoms. The molecule has 0 saturated heterocycles. The summed E-state index contributed by atoms with van der Waals surface area (Å²) >= 11 is 0. The summed E-state index contributed by atoms with van der Waals surface area (Å²) in [5.41, 5.74) is 4.13. The van der Waals surface area contributed by atoms with E-state index in [-0.39, 0.29) is 11.9 Å². The highest BCUT2D eigenvalue weighted by Crippen LogP contribution is 2.18. The Kier molecular flexibility index (Phi) is 5.33. The van der Waals surface area contributed by atoms with Crippen molar-refractivity contribution in [2.45, 2.75) is 46.2 Å². The van der Waals surface area contributed by atoms with Crippen LogP contribution in [-0.2, 0) is 11.2 Å². The van der Waals surface area contributed by atoms with Crippen LogP contribution in [0.2, 0.25) is 0 Å². The van der Waals surface area contributed by atoms with Crippen LogP contribution in [-0.4, -0.2) is 22.1 Å². The van der Waals surface area contributed by atoms with Crippen molar-refractivity contribution >= 4 is 11.6 Å². The molecule has 1 aromatic heterocycles. The number of carbonyl (C=O) groups is 1. The second kappa shape index (κ2) is 7.22. The van der Waals surface area contributed by atoms with Crippen molar-refractivity contribution in [2.75, 3.05) is 5.32 Å². The third kappa shape index (κ3) is 4.70. The number of rotatable bonds is 6. The minimum Gasteiger partial charge on any atom is -0.326 e. The van der Waals surface area contributed by atoms with Gasteiger partial charge in [0.25, 0.3) is 0 Å². The number of benzene rings is 1. The average Bonchev–Trinajstić information content (AvgIpc) is 2.83. The molecule has 118 valence electrons. The quantitative estimate of drug-likeness (QED) is 0.768. The Hall–Kier alpha value is -2.14. The number of H-pyrrole nitrogens is 1. The number of aromatic nitrogens is 2. The van der Waals surface area contributed by atoms with Gasteiger partial charge >= 0.3 is 0 Å². The van der Waals surface area contributed by atoms with Crippen molar-refractivity contribution in [1.82, 2.24) is 15.5 Å². The maximum absolute atomic E-state index is 11.1. The molecule has 2 unspecified atom stereocenters. The van der Waals surface area contributed by atoms with Gasteiger partial charge in [0.2, 0.25) is 5.91 Å². The normalized spacial score (nSPS) is 13.6. The Morgan fingerprint density at radius 1 is 1.32 bits per heavy atom. The Bertz CT molecular complexity index is 635. The van der Waals surface area contributed by atoms with Crippen LogP contribution in [0.1, 0.15) is 43.8 Å². The number of carbonyl (C=O) groups excluding carboxylic acids is 1. The van der Waals surface area contributed by atoms with Crippen LogP contribution < -0.4 is 10.6 Å². The molecule has 0 fully saturated rings. The first-order valence-corrected chi connectivity index (χ1v) is 7.58. The molecular formula is C17H24N4O. The first kappa shape index (κ1) is 16.2. The van der Waals surface area contributed by atoms with Crippen LogP contribution in [0, 0.1) is 6.92 Å². The SMILES string of the molecule is CC(=O)Nc1cccc(C(C)NC(C)Cc2cc(C)[nH]n2)c1. The standard InChI is InChI=1S/C17H24N4O/c1-11(8-17-9-12(2)20-21-17)18-13(3)15-6-5-7-16(10-15)19-14(4)22/h5-7,9-11,13,18H,8H2,1-4H3,(H,19,22)(H,20,21). The van der Waals surface area contributed by atoms with Gasteiger partial charge in [0.05, 0.1) is 5.69 Å². The molecule has 0 radical (unpaired) electrons. The van der Waals surface area contributed by atoms with Gasteiger partial charge in [0.1, 0.15) is 0 Å². The lowest BCUT2D eigenvalue weighted by Crippen LogP contribution is -2.30. The molecule has 2 atom stereocenters. The summed E-state index contributed by atoms with van der Waals surface area (Å²) < 4.78 is 0. The fourth-order valence-electron chi connectivity index (χ4n) is 2.56. The Morgan fingerprint density at radius 3 is 2.73 bits per heavy atom. The first-order valence-electron chi connectivity index (χ1n) is 7.58. The van der Waals surface area contributed by atoms with Crippen molar-refractivity contribution < 1.29 is 4.79 Å². The summed E-state index contributed by atoms with van der Waals surface area (Å²) in [4.78, 5) is 11.1. The molecule has 0 aliphatic rings. The highest BCUT2D eigenvalue weighted by atomic mass is 16.1. The van der Waals surface area contributed by atoms with Gasteiger partial charge in [-0.3, -0.25) is 9.89 Å². The highest BCUT2D eigenvalue weighted by molar-refractivity contribution is 5.88. The largest absolute Gasteiger partial charge is 0.326 e. The number of nitrogens with zero attached hydrogens (tertiary/aromatic N) is 1. The zero-order valence-electron chi connectivity index (χ0n) is 13.6. The van der Waals surface area contributed by atoms with E-state index in [2.05, 4.69) is 46.8 Å². The second-order valence-corrected chi connectivity index (χ2v) is 5.84. The fraction of sp³-hybridized carbons (Fsp3) is 0.412. The molecule has 5 heteroatoms. The van der Waals surface area contributed by atoms with E-state index >= 15 is 0 Å². The monoisotopic (exact) mass is 300 g/mol. The van der Waals surface area contributed by atoms with E-state index in [9.17, 15) is 4.79 Å². The number of nitrogens with one attached hydrogen (secondary N) is 3. The van der Waals surface area contributed by atoms with Crippen LogP contribution in [0.15, 0.2) is 30.3 Å². The molecule has 0 bridgehead atoms. The Morgan fingerprint density at radius 2 is 2.09 bits per heavy atom. The Balaban J connectivity index is 1.96. The lowest BCUT2D eigenvalue weighted by atomic mass is 10.1. The lowest BCUT2D eigenvalue weighted by Gasteiger charge is -2.20. The van der Waals surface area contributed by atoms with Crippen LogP contribution in [0.4, 0.5) is 5.69 Å². The van der Waals surface area contributed by atoms with Crippen LogP contribution in [0.25, 0.3) is 0 Å². The molecule has 1 heterocycles. The second-order valence-electron chi connectivity index (χ2n) is 5.84. The van der Waals surface area contributed by atoms with E-state index in [1.54, 1.807) is 0 Å². The Labute approximate surface area is 131 Å². The van der Waals surface area contributed by atoms with Crippen molar-refractivity contribution in [3.63, 3.8) is 0 Å². The number of hydrogen-bond acceptors (Lipinski definition) is 3. The molecule has 1 amide bonds. The summed E-state index contributed by atoms with van der Waals surface area (Å²) in [7, 11) is 0. The van der Waals surface area contributed by atoms with E-state index in [0.29, 0.717) is 6.04 Å². The molecule has 2 rings (SSSR count). The maximum atomic E-state index is 11.1. The maximum Gasteiger partial charge on any atom is 0.221 e. The van der Waals surface area contributed by atoms with Gasteiger partial charge in [-0.25, -0.2) is 0 Å². The minimum absolute atomic E-state index is 0.0555. The average molecular weight is 300 g/mol. The van der Waals surface area contributed by atoms with E-state index in [4.69, 9.17) is 0 Å². The number of anilines is 1. The third-order valence-corrected chi connectivity index (χ3v) is 3.52. The predicted octanol–water partition coefficient (Wildman–Crippen LogP) is 2.96. The predicted molar refractivity (Wildman–Crippen MR) is 88.8 cm³/mol. The van der Waals surface area contributed by atoms with E-state index < -0.39 is 0 Å². The zero-order valence-corrected chi connectivity index (χ0v) is 13.6. The summed E-state index contributed by atoms with van der Waals surface area (Å²) in [6.45, 7) is 7.80. The van der Waals surface area contributed by atoms with Gasteiger partial charge in [-0.2, -0.15) is 5.10 Å². The third-order valence-electron chi connectivity index (χ3n) is 3.52. The number of amides is 1. The van der Waals surface area contributed by atoms with Gasteiger partial charge in [0.15, 0.2) is 0 Å². The van der Waals surface area contributed by atoms with E-state index in [1.165, 1.54) is 6.92 Å². The number of aromatic amines is 1. The summed E-state index contributed by atoms with van der Waals surface area (Å²) in [5, 5.41) is 13.6. The van der Waals surface area contributed by atoms with E-state index in [0.717, 1.165) is 29.1 Å². The molecule has 0 saturated carbocycles. The molecule has 3 N–H and O–H groups in total. The van der Waals surface area contributed by atoms with Crippen molar-refractivity contribution in [1.29, 1.82) is 0 Å². The van der Waals surface area contributed by atoms with Crippen LogP contribution in [0.3, 0.4) is 0 Å². The fourth-order valence-corrected chi connectivity index (χ4v) is 2.56. The minimum atomic E-state index is -0.0555. The number of aryl methyl sites for hydroxylation is 1. The highest BCUT2D eigenvalue weighted by Gasteiger charge is 2.12. The molecule has 0 aliphatic carbocycles. The van der Waals surface area contributed by atoms with Gasteiger partial charge in [-0.15, -0.1) is 0 Å². The number of hydrogen-bond donors (Lipinski definition) is 3. The molecular weight excluding hydrogens is 276 g/mol. The molecule has 5 nitrogen and oxygen atoms in total. The lowest BCUT2D eigenvalue weighted by molar-refractivity contribution is -0.114. The molecule has 22 heavy (non-hydrogen) atoms. The summed E-state index contributed by atoms with van der Waals surface area (Å²) in [5.74, 6) is -0.0555. The van der Waals surface area contributed by atoms with Gasteiger partial charge < -0.3 is 10.6 Å². The van der Waals surface area contributed by atoms with Crippen LogP contribution >= 0.6 is 0 Å². The molecule has 0 aliphatic heterocycles. The topological polar surface area (TPSA) is 69.8 Å². The van der Waals surface area contributed by atoms with E-state index in [1.807, 2.05) is 25.1 Å². The zero-order chi connectivity index (χ0) is 16.1. The van der Waals surface area contributed by atoms with Gasteiger partial charge in [-0.1, -0.05) is 12.1 Å². The smallest absolute Gasteiger partial charge is 0.221 e. The summed E-state index contributed by atoms with van der Waals surface area (Å²) in [6.07, 6.45) is 0.875. The molecule has 2 aromatic rings. The molecule has 1 aromatic carbocycles.